The van der Waals surface area contributed by atoms with Gasteiger partial charge in [-0.25, -0.2) is 9.59 Å². The number of esters is 2. The molecular weight excluding hydrogens is 444 g/mol. The van der Waals surface area contributed by atoms with E-state index in [1.54, 1.807) is 26.8 Å². The van der Waals surface area contributed by atoms with Gasteiger partial charge in [0.2, 0.25) is 0 Å². The molecule has 0 radical (unpaired) electrons. The van der Waals surface area contributed by atoms with E-state index in [4.69, 9.17) is 18.6 Å². The first-order valence-corrected chi connectivity index (χ1v) is 11.6. The SMILES string of the molecule is CC1(C)OC(=O)C=C(O)[C@@]2(C)[C@H]3[C@H](O)C[C@]4(C)[C@H](c5ccoc5)OC(=O)[C@@H]5O[C@@]54[C@@H]3C(=O)C[C@@H]12. The number of Topliss-reactive ketones (excluding diaryl/α,β-unsaturated/α-hetero) is 1. The second-order valence-electron chi connectivity index (χ2n) is 11.4. The first-order chi connectivity index (χ1) is 15.9. The maximum Gasteiger partial charge on any atom is 0.339 e. The fourth-order valence-electron chi connectivity index (χ4n) is 8.00. The number of epoxide rings is 1. The summed E-state index contributed by atoms with van der Waals surface area (Å²) in [7, 11) is 0. The van der Waals surface area contributed by atoms with Crippen molar-refractivity contribution in [2.24, 2.45) is 28.6 Å². The van der Waals surface area contributed by atoms with Crippen LogP contribution in [-0.4, -0.2) is 51.3 Å². The lowest BCUT2D eigenvalue weighted by atomic mass is 9.42. The molecular formula is C25H28O9. The van der Waals surface area contributed by atoms with Crippen LogP contribution < -0.4 is 0 Å². The van der Waals surface area contributed by atoms with Crippen LogP contribution in [0.1, 0.15) is 52.2 Å². The summed E-state index contributed by atoms with van der Waals surface area (Å²) in [6.45, 7) is 7.08. The molecule has 5 aliphatic rings. The Hall–Kier alpha value is -2.65. The zero-order valence-electron chi connectivity index (χ0n) is 19.4. The van der Waals surface area contributed by atoms with Gasteiger partial charge in [-0.3, -0.25) is 4.79 Å². The monoisotopic (exact) mass is 472 g/mol. The van der Waals surface area contributed by atoms with Crippen molar-refractivity contribution in [3.63, 3.8) is 0 Å². The first kappa shape index (κ1) is 21.9. The molecule has 9 nitrogen and oxygen atoms in total. The van der Waals surface area contributed by atoms with Crippen molar-refractivity contribution in [3.8, 4) is 0 Å². The number of allylic oxidation sites excluding steroid dienone is 1. The first-order valence-electron chi connectivity index (χ1n) is 11.6. The molecule has 4 heterocycles. The summed E-state index contributed by atoms with van der Waals surface area (Å²) in [5.41, 5.74) is -3.71. The normalized spacial score (nSPS) is 48.7. The summed E-state index contributed by atoms with van der Waals surface area (Å²) in [5, 5.41) is 22.8. The maximum absolute atomic E-state index is 13.9. The molecule has 182 valence electrons. The van der Waals surface area contributed by atoms with Gasteiger partial charge in [0.05, 0.1) is 30.6 Å². The number of aliphatic hydroxyl groups is 2. The summed E-state index contributed by atoms with van der Waals surface area (Å²) >= 11 is 0. The van der Waals surface area contributed by atoms with E-state index in [9.17, 15) is 24.6 Å². The molecule has 0 bridgehead atoms. The van der Waals surface area contributed by atoms with Crippen LogP contribution in [0, 0.1) is 28.6 Å². The van der Waals surface area contributed by atoms with Crippen LogP contribution in [0.3, 0.4) is 0 Å². The van der Waals surface area contributed by atoms with Gasteiger partial charge in [-0.1, -0.05) is 13.8 Å². The predicted octanol–water partition coefficient (Wildman–Crippen LogP) is 2.39. The molecule has 2 saturated carbocycles. The van der Waals surface area contributed by atoms with Crippen molar-refractivity contribution in [2.75, 3.05) is 0 Å². The number of cyclic esters (lactones) is 2. The van der Waals surface area contributed by atoms with Crippen LogP contribution >= 0.6 is 0 Å². The van der Waals surface area contributed by atoms with Crippen molar-refractivity contribution in [1.82, 2.24) is 0 Å². The molecule has 0 aromatic carbocycles. The number of furan rings is 1. The molecule has 3 aliphatic heterocycles. The summed E-state index contributed by atoms with van der Waals surface area (Å²) in [6, 6.07) is 1.70. The van der Waals surface area contributed by atoms with E-state index in [-0.39, 0.29) is 24.4 Å². The number of carbonyl (C=O) groups excluding carboxylic acids is 3. The Kier molecular flexibility index (Phi) is 4.06. The van der Waals surface area contributed by atoms with E-state index >= 15 is 0 Å². The number of carbonyl (C=O) groups is 3. The molecule has 2 N–H and O–H groups in total. The van der Waals surface area contributed by atoms with Crippen molar-refractivity contribution in [1.29, 1.82) is 0 Å². The van der Waals surface area contributed by atoms with Gasteiger partial charge in [-0.05, 0) is 26.3 Å². The topological polar surface area (TPSA) is 136 Å². The summed E-state index contributed by atoms with van der Waals surface area (Å²) in [5.74, 6) is -3.91. The highest BCUT2D eigenvalue weighted by Crippen LogP contribution is 2.74. The quantitative estimate of drug-likeness (QED) is 0.466. The number of hydrogen-bond donors (Lipinski definition) is 2. The third kappa shape index (κ3) is 2.34. The maximum atomic E-state index is 13.9. The van der Waals surface area contributed by atoms with Crippen molar-refractivity contribution in [2.45, 2.75) is 70.1 Å². The summed E-state index contributed by atoms with van der Waals surface area (Å²) in [4.78, 5) is 39.2. The Morgan fingerprint density at radius 2 is 1.82 bits per heavy atom. The number of hydrogen-bond acceptors (Lipinski definition) is 9. The van der Waals surface area contributed by atoms with Crippen LogP contribution in [0.25, 0.3) is 0 Å². The Bertz CT molecular complexity index is 1140. The summed E-state index contributed by atoms with van der Waals surface area (Å²) < 4.78 is 22.7. The third-order valence-corrected chi connectivity index (χ3v) is 9.46. The van der Waals surface area contributed by atoms with Gasteiger partial charge in [0.25, 0.3) is 0 Å². The highest BCUT2D eigenvalue weighted by atomic mass is 16.7. The lowest BCUT2D eigenvalue weighted by Crippen LogP contribution is -2.69. The molecule has 1 aromatic heterocycles. The lowest BCUT2D eigenvalue weighted by Gasteiger charge is -2.61. The standard InChI is InChI=1S/C25H28O9/c1-22(2)14-7-12(26)18-17(24(14,4)15(28)8-16(29)33-22)13(27)9-23(3)19(11-5-6-31-10-11)32-21(30)20-25(18,23)34-20/h5-6,8,10,13-14,17-20,27-28H,7,9H2,1-4H3/t13-,14+,17+,18-,19+,20+,23-,24+,25+/m1/s1. The molecule has 4 fully saturated rings. The minimum Gasteiger partial charge on any atom is -0.511 e. The van der Waals surface area contributed by atoms with E-state index in [1.807, 2.05) is 6.92 Å². The van der Waals surface area contributed by atoms with Gasteiger partial charge in [-0.15, -0.1) is 0 Å². The molecule has 6 rings (SSSR count). The largest absolute Gasteiger partial charge is 0.511 e. The van der Waals surface area contributed by atoms with Crippen molar-refractivity contribution in [3.05, 3.63) is 36.0 Å². The third-order valence-electron chi connectivity index (χ3n) is 9.46. The zero-order valence-corrected chi connectivity index (χ0v) is 19.4. The molecule has 2 saturated heterocycles. The van der Waals surface area contributed by atoms with Gasteiger partial charge in [-0.2, -0.15) is 0 Å². The molecule has 9 heteroatoms. The second-order valence-corrected chi connectivity index (χ2v) is 11.4. The molecule has 1 spiro atoms. The number of fused-ring (bicyclic) bond motifs is 3. The smallest absolute Gasteiger partial charge is 0.339 e. The van der Waals surface area contributed by atoms with E-state index < -0.39 is 70.0 Å². The van der Waals surface area contributed by atoms with E-state index in [0.29, 0.717) is 5.56 Å². The average molecular weight is 472 g/mol. The molecule has 1 aromatic rings. The fourth-order valence-corrected chi connectivity index (χ4v) is 8.00. The van der Waals surface area contributed by atoms with E-state index in [0.717, 1.165) is 6.08 Å². The van der Waals surface area contributed by atoms with Gasteiger partial charge >= 0.3 is 11.9 Å². The Morgan fingerprint density at radius 1 is 1.09 bits per heavy atom. The fraction of sp³-hybridized carbons (Fsp3) is 0.640. The van der Waals surface area contributed by atoms with Gasteiger partial charge in [0.15, 0.2) is 6.10 Å². The summed E-state index contributed by atoms with van der Waals surface area (Å²) in [6.07, 6.45) is 1.41. The van der Waals surface area contributed by atoms with Crippen LogP contribution in [0.4, 0.5) is 0 Å². The number of aliphatic hydroxyl groups excluding tert-OH is 2. The van der Waals surface area contributed by atoms with E-state index in [1.165, 1.54) is 12.5 Å². The molecule has 0 amide bonds. The lowest BCUT2D eigenvalue weighted by molar-refractivity contribution is -0.219. The van der Waals surface area contributed by atoms with Crippen LogP contribution in [-0.2, 0) is 28.6 Å². The average Bonchev–Trinajstić information content (AvgIpc) is 3.29. The van der Waals surface area contributed by atoms with Crippen LogP contribution in [0.2, 0.25) is 0 Å². The minimum atomic E-state index is -1.19. The molecule has 9 atom stereocenters. The second kappa shape index (κ2) is 6.31. The van der Waals surface area contributed by atoms with Crippen LogP contribution in [0.5, 0.6) is 0 Å². The van der Waals surface area contributed by atoms with Gasteiger partial charge in [0, 0.05) is 34.7 Å². The highest BCUT2D eigenvalue weighted by Gasteiger charge is 2.85. The molecule has 0 unspecified atom stereocenters. The number of rotatable bonds is 1. The van der Waals surface area contributed by atoms with Gasteiger partial charge < -0.3 is 28.8 Å². The van der Waals surface area contributed by atoms with Crippen molar-refractivity contribution >= 4 is 17.7 Å². The molecule has 34 heavy (non-hydrogen) atoms. The van der Waals surface area contributed by atoms with E-state index in [2.05, 4.69) is 0 Å². The number of ketones is 1. The van der Waals surface area contributed by atoms with Crippen molar-refractivity contribution < 1.29 is 43.2 Å². The Labute approximate surface area is 196 Å². The molecule has 2 aliphatic carbocycles. The Morgan fingerprint density at radius 3 is 2.50 bits per heavy atom. The zero-order chi connectivity index (χ0) is 24.4. The Balaban J connectivity index is 1.54. The highest BCUT2D eigenvalue weighted by molar-refractivity contribution is 5.91. The minimum absolute atomic E-state index is 0.00189. The van der Waals surface area contributed by atoms with Crippen LogP contribution in [0.15, 0.2) is 34.8 Å². The number of ether oxygens (including phenoxy) is 3. The predicted molar refractivity (Wildman–Crippen MR) is 113 cm³/mol. The van der Waals surface area contributed by atoms with Gasteiger partial charge in [0.1, 0.15) is 28.8 Å².